The lowest BCUT2D eigenvalue weighted by molar-refractivity contribution is -0.159. The molecule has 1 saturated heterocycles. The third kappa shape index (κ3) is 5.48. The maximum absolute atomic E-state index is 12.9. The molecule has 0 N–H and O–H groups in total. The fourth-order valence-electron chi connectivity index (χ4n) is 5.69. The Morgan fingerprint density at radius 2 is 1.66 bits per heavy atom. The van der Waals surface area contributed by atoms with E-state index in [0.717, 1.165) is 54.0 Å². The van der Waals surface area contributed by atoms with Gasteiger partial charge in [-0.3, -0.25) is 9.69 Å². The Labute approximate surface area is 227 Å². The Morgan fingerprint density at radius 1 is 0.947 bits per heavy atom. The predicted molar refractivity (Wildman–Crippen MR) is 154 cm³/mol. The lowest BCUT2D eigenvalue weighted by Crippen LogP contribution is -2.56. The first-order valence-electron chi connectivity index (χ1n) is 13.4. The van der Waals surface area contributed by atoms with Crippen LogP contribution in [0, 0.1) is 6.92 Å². The number of methoxy groups -OCH3 is 3. The monoisotopic (exact) mass is 513 g/mol. The van der Waals surface area contributed by atoms with Crippen molar-refractivity contribution in [3.63, 3.8) is 0 Å². The van der Waals surface area contributed by atoms with Crippen molar-refractivity contribution in [1.29, 1.82) is 0 Å². The zero-order chi connectivity index (χ0) is 27.1. The summed E-state index contributed by atoms with van der Waals surface area (Å²) < 4.78 is 17.0. The quantitative estimate of drug-likeness (QED) is 0.224. The third-order valence-electron chi connectivity index (χ3n) is 7.92. The summed E-state index contributed by atoms with van der Waals surface area (Å²) in [6.45, 7) is 5.60. The minimum Gasteiger partial charge on any atom is -0.496 e. The molecule has 3 aromatic carbocycles. The zero-order valence-corrected chi connectivity index (χ0v) is 23.3. The number of benzene rings is 3. The van der Waals surface area contributed by atoms with E-state index >= 15 is 0 Å². The number of nitrogens with zero attached hydrogens (tertiary/aromatic N) is 1. The van der Waals surface area contributed by atoms with Crippen molar-refractivity contribution in [3.8, 4) is 22.6 Å². The van der Waals surface area contributed by atoms with Crippen LogP contribution < -0.4 is 9.47 Å². The first-order valence-corrected chi connectivity index (χ1v) is 13.4. The van der Waals surface area contributed by atoms with Gasteiger partial charge in [-0.05, 0) is 79.1 Å². The summed E-state index contributed by atoms with van der Waals surface area (Å²) in [6, 6.07) is 20.9. The van der Waals surface area contributed by atoms with Crippen molar-refractivity contribution < 1.29 is 19.0 Å². The highest BCUT2D eigenvalue weighted by molar-refractivity contribution is 5.81. The fourth-order valence-corrected chi connectivity index (χ4v) is 5.69. The highest BCUT2D eigenvalue weighted by Crippen LogP contribution is 2.39. The summed E-state index contributed by atoms with van der Waals surface area (Å²) in [5.74, 6) is 1.34. The molecule has 1 aliphatic heterocycles. The van der Waals surface area contributed by atoms with E-state index in [9.17, 15) is 4.79 Å². The van der Waals surface area contributed by atoms with Gasteiger partial charge in [0.25, 0.3) is 0 Å². The van der Waals surface area contributed by atoms with Gasteiger partial charge in [0.2, 0.25) is 0 Å². The van der Waals surface area contributed by atoms with E-state index in [1.807, 2.05) is 18.2 Å². The van der Waals surface area contributed by atoms with Crippen LogP contribution in [0.3, 0.4) is 0 Å². The van der Waals surface area contributed by atoms with Crippen LogP contribution >= 0.6 is 0 Å². The standard InChI is InChI=1S/C33H39NO4/c1-6-33(32(35)38-5)19-10-11-20-34(33)23-29-30(36-3)21-25(22-31(29)37-4)17-18-26-15-12-16-28(24(26)2)27-13-8-7-9-14-27/h7-9,12-18,21-22H,6,10-11,19-20,23H2,1-5H3/b18-17+. The van der Waals surface area contributed by atoms with Crippen LogP contribution in [-0.4, -0.2) is 44.3 Å². The Morgan fingerprint density at radius 3 is 2.29 bits per heavy atom. The number of likely N-dealkylation sites (tertiary alicyclic amines) is 1. The number of rotatable bonds is 9. The van der Waals surface area contributed by atoms with Crippen molar-refractivity contribution in [2.45, 2.75) is 51.6 Å². The van der Waals surface area contributed by atoms with Crippen molar-refractivity contribution in [3.05, 3.63) is 82.9 Å². The van der Waals surface area contributed by atoms with Crippen LogP contribution in [0.4, 0.5) is 0 Å². The Hall–Kier alpha value is -3.57. The van der Waals surface area contributed by atoms with E-state index in [0.29, 0.717) is 13.0 Å². The number of esters is 1. The van der Waals surface area contributed by atoms with Gasteiger partial charge in [0.1, 0.15) is 17.0 Å². The molecule has 0 radical (unpaired) electrons. The summed E-state index contributed by atoms with van der Waals surface area (Å²) in [5.41, 5.74) is 6.13. The van der Waals surface area contributed by atoms with E-state index in [1.165, 1.54) is 23.8 Å². The molecule has 4 rings (SSSR count). The highest BCUT2D eigenvalue weighted by Gasteiger charge is 2.45. The van der Waals surface area contributed by atoms with Gasteiger partial charge < -0.3 is 14.2 Å². The van der Waals surface area contributed by atoms with Crippen LogP contribution in [0.1, 0.15) is 54.9 Å². The summed E-state index contributed by atoms with van der Waals surface area (Å²) in [6.07, 6.45) is 7.79. The summed E-state index contributed by atoms with van der Waals surface area (Å²) >= 11 is 0. The molecule has 0 saturated carbocycles. The van der Waals surface area contributed by atoms with Gasteiger partial charge in [0.15, 0.2) is 0 Å². The van der Waals surface area contributed by atoms with E-state index in [4.69, 9.17) is 14.2 Å². The molecule has 3 aromatic rings. The van der Waals surface area contributed by atoms with Gasteiger partial charge >= 0.3 is 5.97 Å². The molecule has 0 amide bonds. The van der Waals surface area contributed by atoms with Crippen LogP contribution in [0.15, 0.2) is 60.7 Å². The lowest BCUT2D eigenvalue weighted by Gasteiger charge is -2.44. The lowest BCUT2D eigenvalue weighted by atomic mass is 9.83. The fraction of sp³-hybridized carbons (Fsp3) is 0.364. The molecule has 5 heteroatoms. The predicted octanol–water partition coefficient (Wildman–Crippen LogP) is 7.16. The first kappa shape index (κ1) is 27.5. The minimum atomic E-state index is -0.622. The number of piperidine rings is 1. The molecule has 0 aromatic heterocycles. The van der Waals surface area contributed by atoms with E-state index in [2.05, 4.69) is 73.4 Å². The number of ether oxygens (including phenoxy) is 3. The van der Waals surface area contributed by atoms with Crippen molar-refractivity contribution in [2.75, 3.05) is 27.9 Å². The Bertz CT molecular complexity index is 1260. The molecule has 1 unspecified atom stereocenters. The third-order valence-corrected chi connectivity index (χ3v) is 7.92. The van der Waals surface area contributed by atoms with E-state index < -0.39 is 5.54 Å². The topological polar surface area (TPSA) is 48.0 Å². The second-order valence-electron chi connectivity index (χ2n) is 9.88. The van der Waals surface area contributed by atoms with Crippen LogP contribution in [0.5, 0.6) is 11.5 Å². The molecule has 0 bridgehead atoms. The van der Waals surface area contributed by atoms with Gasteiger partial charge in [0.05, 0.1) is 26.9 Å². The molecule has 38 heavy (non-hydrogen) atoms. The number of carbonyl (C=O) groups is 1. The molecular formula is C33H39NO4. The Kier molecular flexibility index (Phi) is 8.90. The summed E-state index contributed by atoms with van der Waals surface area (Å²) in [4.78, 5) is 15.2. The molecule has 5 nitrogen and oxygen atoms in total. The van der Waals surface area contributed by atoms with Gasteiger partial charge in [0, 0.05) is 6.54 Å². The molecule has 1 fully saturated rings. The number of hydrogen-bond acceptors (Lipinski definition) is 5. The average molecular weight is 514 g/mol. The highest BCUT2D eigenvalue weighted by atomic mass is 16.5. The van der Waals surface area contributed by atoms with Crippen LogP contribution in [-0.2, 0) is 16.1 Å². The van der Waals surface area contributed by atoms with E-state index in [-0.39, 0.29) is 5.97 Å². The molecular weight excluding hydrogens is 474 g/mol. The molecule has 1 aliphatic rings. The second kappa shape index (κ2) is 12.3. The number of hydrogen-bond donors (Lipinski definition) is 0. The van der Waals surface area contributed by atoms with Gasteiger partial charge in [-0.25, -0.2) is 0 Å². The SMILES string of the molecule is CCC1(C(=O)OC)CCCCN1Cc1c(OC)cc(/C=C/c2cccc(-c3ccccc3)c2C)cc1OC. The van der Waals surface area contributed by atoms with Gasteiger partial charge in [-0.1, -0.05) is 67.6 Å². The number of carbonyl (C=O) groups excluding carboxylic acids is 1. The Balaban J connectivity index is 1.66. The average Bonchev–Trinajstić information content (AvgIpc) is 2.97. The van der Waals surface area contributed by atoms with Crippen molar-refractivity contribution in [2.24, 2.45) is 0 Å². The largest absolute Gasteiger partial charge is 0.496 e. The maximum Gasteiger partial charge on any atom is 0.326 e. The molecule has 1 heterocycles. The molecule has 200 valence electrons. The summed E-state index contributed by atoms with van der Waals surface area (Å²) in [7, 11) is 4.84. The normalized spacial score (nSPS) is 17.9. The van der Waals surface area contributed by atoms with Crippen LogP contribution in [0.2, 0.25) is 0 Å². The second-order valence-corrected chi connectivity index (χ2v) is 9.88. The molecule has 0 aliphatic carbocycles. The van der Waals surface area contributed by atoms with Gasteiger partial charge in [-0.2, -0.15) is 0 Å². The van der Waals surface area contributed by atoms with Crippen LogP contribution in [0.25, 0.3) is 23.3 Å². The molecule has 0 spiro atoms. The summed E-state index contributed by atoms with van der Waals surface area (Å²) in [5, 5.41) is 0. The van der Waals surface area contributed by atoms with E-state index in [1.54, 1.807) is 14.2 Å². The smallest absolute Gasteiger partial charge is 0.326 e. The van der Waals surface area contributed by atoms with Gasteiger partial charge in [-0.15, -0.1) is 0 Å². The first-order chi connectivity index (χ1) is 18.5. The zero-order valence-electron chi connectivity index (χ0n) is 23.3. The minimum absolute atomic E-state index is 0.162. The maximum atomic E-state index is 12.9. The van der Waals surface area contributed by atoms with Crippen molar-refractivity contribution in [1.82, 2.24) is 4.90 Å². The van der Waals surface area contributed by atoms with Crippen molar-refractivity contribution >= 4 is 18.1 Å². The molecule has 1 atom stereocenters.